The lowest BCUT2D eigenvalue weighted by molar-refractivity contribution is 0.270. The summed E-state index contributed by atoms with van der Waals surface area (Å²) < 4.78 is 2.28. The largest absolute Gasteiger partial charge is 0.305 e. The molecule has 0 saturated heterocycles. The first-order valence-electron chi connectivity index (χ1n) is 6.29. The fourth-order valence-corrected chi connectivity index (χ4v) is 2.53. The van der Waals surface area contributed by atoms with Crippen LogP contribution in [0, 0.1) is 0 Å². The molecule has 98 valence electrons. The van der Waals surface area contributed by atoms with Crippen molar-refractivity contribution in [2.75, 3.05) is 20.4 Å². The normalized spacial score (nSPS) is 13.3. The molecule has 0 aromatic carbocycles. The van der Waals surface area contributed by atoms with Crippen LogP contribution < -0.4 is 0 Å². The Kier molecular flexibility index (Phi) is 5.98. The van der Waals surface area contributed by atoms with E-state index in [0.29, 0.717) is 6.04 Å². The van der Waals surface area contributed by atoms with E-state index in [1.54, 1.807) is 11.8 Å². The molecule has 1 aromatic rings. The summed E-state index contributed by atoms with van der Waals surface area (Å²) in [6, 6.07) is 0.361. The highest BCUT2D eigenvalue weighted by Crippen LogP contribution is 2.24. The highest BCUT2D eigenvalue weighted by atomic mass is 32.2. The lowest BCUT2D eigenvalue weighted by Crippen LogP contribution is -2.23. The smallest absolute Gasteiger partial charge is 0.190 e. The van der Waals surface area contributed by atoms with E-state index in [-0.39, 0.29) is 0 Å². The number of aromatic nitrogens is 3. The number of rotatable bonds is 7. The average molecular weight is 256 g/mol. The van der Waals surface area contributed by atoms with Crippen LogP contribution in [-0.2, 0) is 6.54 Å². The third kappa shape index (κ3) is 3.45. The van der Waals surface area contributed by atoms with Gasteiger partial charge in [-0.3, -0.25) is 4.90 Å². The van der Waals surface area contributed by atoms with E-state index in [4.69, 9.17) is 0 Å². The van der Waals surface area contributed by atoms with E-state index in [9.17, 15) is 0 Å². The van der Waals surface area contributed by atoms with Gasteiger partial charge in [0.15, 0.2) is 11.0 Å². The van der Waals surface area contributed by atoms with Crippen LogP contribution in [-0.4, -0.2) is 40.0 Å². The number of nitrogens with zero attached hydrogens (tertiary/aromatic N) is 4. The van der Waals surface area contributed by atoms with Crippen molar-refractivity contribution in [1.82, 2.24) is 19.7 Å². The van der Waals surface area contributed by atoms with E-state index >= 15 is 0 Å². The lowest BCUT2D eigenvalue weighted by Gasteiger charge is -2.22. The maximum absolute atomic E-state index is 4.38. The molecule has 1 heterocycles. The topological polar surface area (TPSA) is 34.0 Å². The molecule has 0 saturated carbocycles. The Balaban J connectivity index is 3.00. The van der Waals surface area contributed by atoms with Gasteiger partial charge in [-0.2, -0.15) is 0 Å². The third-order valence-electron chi connectivity index (χ3n) is 2.97. The number of hydrogen-bond donors (Lipinski definition) is 0. The van der Waals surface area contributed by atoms with Gasteiger partial charge in [-0.15, -0.1) is 10.2 Å². The van der Waals surface area contributed by atoms with Gasteiger partial charge >= 0.3 is 0 Å². The van der Waals surface area contributed by atoms with Crippen LogP contribution in [0.5, 0.6) is 0 Å². The molecule has 0 N–H and O–H groups in total. The Labute approximate surface area is 109 Å². The quantitative estimate of drug-likeness (QED) is 0.703. The zero-order valence-electron chi connectivity index (χ0n) is 11.6. The van der Waals surface area contributed by atoms with E-state index in [1.807, 2.05) is 0 Å². The van der Waals surface area contributed by atoms with E-state index in [1.165, 1.54) is 12.8 Å². The van der Waals surface area contributed by atoms with Crippen molar-refractivity contribution < 1.29 is 0 Å². The highest BCUT2D eigenvalue weighted by molar-refractivity contribution is 7.98. The zero-order chi connectivity index (χ0) is 12.8. The molecule has 1 unspecified atom stereocenters. The predicted molar refractivity (Wildman–Crippen MR) is 73.4 cm³/mol. The molecule has 0 aliphatic rings. The van der Waals surface area contributed by atoms with Crippen molar-refractivity contribution in [3.63, 3.8) is 0 Å². The summed E-state index contributed by atoms with van der Waals surface area (Å²) in [5, 5.41) is 9.71. The van der Waals surface area contributed by atoms with Crippen LogP contribution >= 0.6 is 11.8 Å². The summed E-state index contributed by atoms with van der Waals surface area (Å²) in [5.74, 6) is 1.11. The molecule has 0 aliphatic heterocycles. The van der Waals surface area contributed by atoms with E-state index in [2.05, 4.69) is 53.9 Å². The highest BCUT2D eigenvalue weighted by Gasteiger charge is 2.20. The SMILES string of the molecule is CCCCn1c(SC)nnc1C(CC)N(C)C. The second kappa shape index (κ2) is 7.01. The summed E-state index contributed by atoms with van der Waals surface area (Å²) in [6.45, 7) is 5.44. The van der Waals surface area contributed by atoms with Crippen molar-refractivity contribution >= 4 is 11.8 Å². The average Bonchev–Trinajstić information content (AvgIpc) is 2.70. The van der Waals surface area contributed by atoms with Gasteiger partial charge in [0.25, 0.3) is 0 Å². The molecule has 5 heteroatoms. The molecule has 0 aliphatic carbocycles. The third-order valence-corrected chi connectivity index (χ3v) is 3.64. The van der Waals surface area contributed by atoms with Gasteiger partial charge in [0.1, 0.15) is 0 Å². The maximum Gasteiger partial charge on any atom is 0.190 e. The second-order valence-electron chi connectivity index (χ2n) is 4.44. The maximum atomic E-state index is 4.38. The molecule has 0 spiro atoms. The van der Waals surface area contributed by atoms with E-state index < -0.39 is 0 Å². The standard InChI is InChI=1S/C12H24N4S/c1-6-8-9-16-11(10(7-2)15(3)4)13-14-12(16)17-5/h10H,6-9H2,1-5H3. The van der Waals surface area contributed by atoms with E-state index in [0.717, 1.165) is 23.9 Å². The van der Waals surface area contributed by atoms with Crippen molar-refractivity contribution in [1.29, 1.82) is 0 Å². The minimum Gasteiger partial charge on any atom is -0.305 e. The molecule has 1 atom stereocenters. The lowest BCUT2D eigenvalue weighted by atomic mass is 10.2. The first-order chi connectivity index (χ1) is 8.15. The molecule has 1 aromatic heterocycles. The predicted octanol–water partition coefficient (Wildman–Crippen LogP) is 2.81. The van der Waals surface area contributed by atoms with Gasteiger partial charge in [0.2, 0.25) is 0 Å². The molecule has 0 amide bonds. The Hall–Kier alpha value is -0.550. The molecular formula is C12H24N4S. The van der Waals surface area contributed by atoms with Crippen molar-refractivity contribution in [3.05, 3.63) is 5.82 Å². The van der Waals surface area contributed by atoms with Gasteiger partial charge in [0.05, 0.1) is 6.04 Å². The number of unbranched alkanes of at least 4 members (excludes halogenated alkanes) is 1. The molecule has 4 nitrogen and oxygen atoms in total. The first-order valence-corrected chi connectivity index (χ1v) is 7.51. The van der Waals surface area contributed by atoms with Crippen LogP contribution in [0.1, 0.15) is 45.0 Å². The van der Waals surface area contributed by atoms with Crippen LogP contribution in [0.25, 0.3) is 0 Å². The summed E-state index contributed by atoms with van der Waals surface area (Å²) in [7, 11) is 4.21. The Morgan fingerprint density at radius 2 is 2.00 bits per heavy atom. The Morgan fingerprint density at radius 3 is 2.47 bits per heavy atom. The van der Waals surface area contributed by atoms with Crippen molar-refractivity contribution in [2.24, 2.45) is 0 Å². The van der Waals surface area contributed by atoms with Crippen LogP contribution in [0.2, 0.25) is 0 Å². The monoisotopic (exact) mass is 256 g/mol. The van der Waals surface area contributed by atoms with Gasteiger partial charge in [-0.05, 0) is 33.2 Å². The Bertz CT molecular complexity index is 335. The van der Waals surface area contributed by atoms with Crippen molar-refractivity contribution in [3.8, 4) is 0 Å². The number of hydrogen-bond acceptors (Lipinski definition) is 4. The fraction of sp³-hybridized carbons (Fsp3) is 0.833. The minimum absolute atomic E-state index is 0.361. The number of thioether (sulfide) groups is 1. The molecule has 0 radical (unpaired) electrons. The second-order valence-corrected chi connectivity index (χ2v) is 5.21. The van der Waals surface area contributed by atoms with Crippen LogP contribution in [0.4, 0.5) is 0 Å². The Morgan fingerprint density at radius 1 is 1.29 bits per heavy atom. The summed E-state index contributed by atoms with van der Waals surface area (Å²) >= 11 is 1.68. The fourth-order valence-electron chi connectivity index (χ4n) is 2.00. The first kappa shape index (κ1) is 14.5. The van der Waals surface area contributed by atoms with Crippen LogP contribution in [0.15, 0.2) is 5.16 Å². The van der Waals surface area contributed by atoms with Gasteiger partial charge in [-0.1, -0.05) is 32.0 Å². The van der Waals surface area contributed by atoms with Gasteiger partial charge in [0, 0.05) is 6.54 Å². The summed E-state index contributed by atoms with van der Waals surface area (Å²) in [5.41, 5.74) is 0. The zero-order valence-corrected chi connectivity index (χ0v) is 12.4. The van der Waals surface area contributed by atoms with Gasteiger partial charge < -0.3 is 4.57 Å². The molecule has 17 heavy (non-hydrogen) atoms. The summed E-state index contributed by atoms with van der Waals surface area (Å²) in [6.07, 6.45) is 5.51. The van der Waals surface area contributed by atoms with Crippen molar-refractivity contribution in [2.45, 2.75) is 50.9 Å². The van der Waals surface area contributed by atoms with Gasteiger partial charge in [-0.25, -0.2) is 0 Å². The molecule has 0 bridgehead atoms. The minimum atomic E-state index is 0.361. The molecule has 1 rings (SSSR count). The molecule has 0 fully saturated rings. The van der Waals surface area contributed by atoms with Crippen LogP contribution in [0.3, 0.4) is 0 Å². The summed E-state index contributed by atoms with van der Waals surface area (Å²) in [4.78, 5) is 2.22. The molecular weight excluding hydrogens is 232 g/mol.